The number of rotatable bonds is 24. The largest absolute Gasteiger partial charge is 0.492 e. The quantitative estimate of drug-likeness (QED) is 0.0226. The number of aliphatic hydroxyl groups is 2. The molecule has 0 aromatic heterocycles. The fraction of sp³-hybridized carbons (Fsp3) is 0.480. The molecule has 0 spiro atoms. The summed E-state index contributed by atoms with van der Waals surface area (Å²) >= 11 is 0. The molecule has 6 atom stereocenters. The van der Waals surface area contributed by atoms with Crippen molar-refractivity contribution in [2.45, 2.75) is 82.6 Å². The van der Waals surface area contributed by atoms with Crippen LogP contribution in [-0.4, -0.2) is 101 Å². The van der Waals surface area contributed by atoms with E-state index in [0.29, 0.717) is 43.7 Å². The number of nitro groups is 1. The van der Waals surface area contributed by atoms with Gasteiger partial charge in [-0.05, 0) is 97.0 Å². The van der Waals surface area contributed by atoms with E-state index < -0.39 is 22.7 Å². The predicted molar refractivity (Wildman–Crippen MR) is 242 cm³/mol. The highest BCUT2D eigenvalue weighted by Gasteiger charge is 2.65. The number of unbranched alkanes of at least 4 members (excludes halogenated alkanes) is 2. The highest BCUT2D eigenvalue weighted by atomic mass is 16.7. The standard InChI is InChI=1S/C50H62N4O9/c1-3-24-53(47(57)23-18-36-16-19-39(20-17-36)54(58)59)46-34-44(51-62-35-37-12-6-5-7-13-37)42-32-38(14-8-10-28-55)41(15-9-11-29-56)48-43-33-40(60-31-27-52-25-26-52)21-22-45(43)63-50(46,49(42)48)61-30-4-2/h4-7,12-13,16-23,32-33,38,41,46,48-49,55-56H,2-3,8-11,14-15,24-31,34-35H2,1H3/t38-,41+,46-,48+,49+,50+/m0/s1. The van der Waals surface area contributed by atoms with Gasteiger partial charge in [0.1, 0.15) is 30.8 Å². The van der Waals surface area contributed by atoms with E-state index in [1.807, 2.05) is 54.3 Å². The molecule has 13 heteroatoms. The van der Waals surface area contributed by atoms with Gasteiger partial charge in [0.2, 0.25) is 11.7 Å². The number of non-ortho nitro benzene ring substituents is 1. The average Bonchev–Trinajstić information content (AvgIpc) is 4.13. The van der Waals surface area contributed by atoms with Gasteiger partial charge in [-0.2, -0.15) is 0 Å². The molecule has 63 heavy (non-hydrogen) atoms. The minimum absolute atomic E-state index is 0.0308. The Bertz CT molecular complexity index is 2100. The van der Waals surface area contributed by atoms with Crippen molar-refractivity contribution in [3.05, 3.63) is 130 Å². The Morgan fingerprint density at radius 3 is 2.51 bits per heavy atom. The predicted octanol–water partition coefficient (Wildman–Crippen LogP) is 8.08. The number of amides is 1. The van der Waals surface area contributed by atoms with Crippen molar-refractivity contribution in [3.63, 3.8) is 0 Å². The molecule has 2 fully saturated rings. The number of fused-ring (bicyclic) bond motifs is 2. The molecule has 7 rings (SSSR count). The number of allylic oxidation sites excluding steroid dienone is 1. The lowest BCUT2D eigenvalue weighted by molar-refractivity contribution is -0.384. The van der Waals surface area contributed by atoms with Crippen molar-refractivity contribution in [2.24, 2.45) is 22.9 Å². The second kappa shape index (κ2) is 21.8. The lowest BCUT2D eigenvalue weighted by atomic mass is 9.55. The smallest absolute Gasteiger partial charge is 0.269 e. The van der Waals surface area contributed by atoms with E-state index in [1.54, 1.807) is 24.3 Å². The fourth-order valence-electron chi connectivity index (χ4n) is 9.71. The third-order valence-corrected chi connectivity index (χ3v) is 12.8. The number of hydrogen-bond donors (Lipinski definition) is 2. The van der Waals surface area contributed by atoms with Gasteiger partial charge in [0.15, 0.2) is 0 Å². The molecule has 2 heterocycles. The molecule has 1 amide bonds. The van der Waals surface area contributed by atoms with Gasteiger partial charge in [-0.15, -0.1) is 6.58 Å². The maximum atomic E-state index is 14.8. The van der Waals surface area contributed by atoms with Gasteiger partial charge in [0, 0.05) is 75.5 Å². The molecule has 336 valence electrons. The van der Waals surface area contributed by atoms with Crippen molar-refractivity contribution in [2.75, 3.05) is 52.6 Å². The van der Waals surface area contributed by atoms with Crippen LogP contribution in [0.3, 0.4) is 0 Å². The van der Waals surface area contributed by atoms with Crippen LogP contribution in [0.5, 0.6) is 11.5 Å². The zero-order valence-corrected chi connectivity index (χ0v) is 36.4. The number of oxime groups is 1. The van der Waals surface area contributed by atoms with Gasteiger partial charge in [-0.3, -0.25) is 19.8 Å². The molecular formula is C50H62N4O9. The van der Waals surface area contributed by atoms with Gasteiger partial charge in [-0.25, -0.2) is 0 Å². The normalized spacial score (nSPS) is 24.2. The first-order valence-electron chi connectivity index (χ1n) is 22.6. The molecule has 2 aliphatic carbocycles. The molecule has 2 aliphatic heterocycles. The van der Waals surface area contributed by atoms with Crippen LogP contribution in [0.1, 0.15) is 80.9 Å². The maximum absolute atomic E-state index is 14.8. The molecule has 0 bridgehead atoms. The molecule has 3 aromatic carbocycles. The van der Waals surface area contributed by atoms with Crippen molar-refractivity contribution in [3.8, 4) is 11.5 Å². The molecule has 0 radical (unpaired) electrons. The number of carbonyl (C=O) groups excluding carboxylic acids is 1. The second-order valence-corrected chi connectivity index (χ2v) is 16.9. The van der Waals surface area contributed by atoms with Crippen molar-refractivity contribution in [1.29, 1.82) is 0 Å². The van der Waals surface area contributed by atoms with Gasteiger partial charge < -0.3 is 34.2 Å². The number of hydrogen-bond acceptors (Lipinski definition) is 11. The summed E-state index contributed by atoms with van der Waals surface area (Å²) in [6, 6.07) is 21.3. The summed E-state index contributed by atoms with van der Waals surface area (Å²) in [7, 11) is 0. The number of benzene rings is 3. The SMILES string of the molecule is C=CCO[C@@]12Oc3ccc(OCCN4CC4)cc3[C@H]3[C@H](CCCCO)[C@@H](CCCCO)C=C(C(=NOCc4ccccc4)C[C@@H]1N(CCC)C(=O)C=Cc1ccc([N+](=O)[O-])cc1)[C@H]32. The Labute approximate surface area is 370 Å². The Balaban J connectivity index is 1.38. The number of ether oxygens (including phenoxy) is 3. The molecule has 0 unspecified atom stereocenters. The highest BCUT2D eigenvalue weighted by Crippen LogP contribution is 2.62. The van der Waals surface area contributed by atoms with Crippen LogP contribution in [0.15, 0.2) is 108 Å². The van der Waals surface area contributed by atoms with Gasteiger partial charge in [0.05, 0.1) is 23.2 Å². The van der Waals surface area contributed by atoms with Gasteiger partial charge >= 0.3 is 0 Å². The minimum atomic E-state index is -1.39. The Morgan fingerprint density at radius 1 is 1.05 bits per heavy atom. The van der Waals surface area contributed by atoms with Gasteiger partial charge in [0.25, 0.3) is 5.69 Å². The molecular weight excluding hydrogens is 801 g/mol. The highest BCUT2D eigenvalue weighted by molar-refractivity contribution is 6.03. The Hall–Kier alpha value is -5.34. The first-order chi connectivity index (χ1) is 30.8. The van der Waals surface area contributed by atoms with Crippen molar-refractivity contribution < 1.29 is 39.0 Å². The van der Waals surface area contributed by atoms with E-state index in [-0.39, 0.29) is 62.2 Å². The summed E-state index contributed by atoms with van der Waals surface area (Å²) in [6.07, 6.45) is 12.8. The average molecular weight is 863 g/mol. The topological polar surface area (TPSA) is 156 Å². The van der Waals surface area contributed by atoms with Crippen LogP contribution in [0.4, 0.5) is 5.69 Å². The maximum Gasteiger partial charge on any atom is 0.269 e. The summed E-state index contributed by atoms with van der Waals surface area (Å²) in [6.45, 7) is 10.7. The fourth-order valence-corrected chi connectivity index (χ4v) is 9.71. The molecule has 2 N–H and O–H groups in total. The third kappa shape index (κ3) is 10.9. The number of nitro benzene ring substituents is 1. The first-order valence-corrected chi connectivity index (χ1v) is 22.6. The Morgan fingerprint density at radius 2 is 1.81 bits per heavy atom. The summed E-state index contributed by atoms with van der Waals surface area (Å²) < 4.78 is 20.9. The summed E-state index contributed by atoms with van der Waals surface area (Å²) in [5.74, 6) is -0.696. The van der Waals surface area contributed by atoms with Gasteiger partial charge in [-0.1, -0.05) is 67.4 Å². The van der Waals surface area contributed by atoms with Crippen molar-refractivity contribution in [1.82, 2.24) is 9.80 Å². The minimum Gasteiger partial charge on any atom is -0.492 e. The zero-order valence-electron chi connectivity index (χ0n) is 36.4. The van der Waals surface area contributed by atoms with E-state index in [0.717, 1.165) is 73.5 Å². The van der Waals surface area contributed by atoms with E-state index in [2.05, 4.69) is 23.6 Å². The van der Waals surface area contributed by atoms with Crippen LogP contribution < -0.4 is 9.47 Å². The molecule has 13 nitrogen and oxygen atoms in total. The number of aliphatic hydroxyl groups excluding tert-OH is 2. The van der Waals surface area contributed by atoms with Crippen LogP contribution in [0, 0.1) is 27.9 Å². The monoisotopic (exact) mass is 862 g/mol. The van der Waals surface area contributed by atoms with Crippen LogP contribution >= 0.6 is 0 Å². The summed E-state index contributed by atoms with van der Waals surface area (Å²) in [5.41, 5.74) is 4.27. The van der Waals surface area contributed by atoms with E-state index in [9.17, 15) is 25.1 Å². The summed E-state index contributed by atoms with van der Waals surface area (Å²) in [5, 5.41) is 36.2. The van der Waals surface area contributed by atoms with E-state index in [1.165, 1.54) is 18.2 Å². The summed E-state index contributed by atoms with van der Waals surface area (Å²) in [4.78, 5) is 36.0. The lowest BCUT2D eigenvalue weighted by Gasteiger charge is -2.60. The third-order valence-electron chi connectivity index (χ3n) is 12.8. The van der Waals surface area contributed by atoms with Crippen LogP contribution in [-0.2, 0) is 21.0 Å². The first kappa shape index (κ1) is 45.7. The van der Waals surface area contributed by atoms with E-state index >= 15 is 0 Å². The lowest BCUT2D eigenvalue weighted by Crippen LogP contribution is -2.70. The van der Waals surface area contributed by atoms with E-state index in [4.69, 9.17) is 24.2 Å². The van der Waals surface area contributed by atoms with Crippen LogP contribution in [0.2, 0.25) is 0 Å². The molecule has 3 aromatic rings. The second-order valence-electron chi connectivity index (χ2n) is 16.9. The number of nitrogens with zero attached hydrogens (tertiary/aromatic N) is 4. The zero-order chi connectivity index (χ0) is 44.2. The Kier molecular flexibility index (Phi) is 15.8. The molecule has 1 saturated carbocycles. The van der Waals surface area contributed by atoms with Crippen molar-refractivity contribution >= 4 is 23.4 Å². The molecule has 4 aliphatic rings. The number of carbonyl (C=O) groups is 1. The van der Waals surface area contributed by atoms with Crippen LogP contribution in [0.25, 0.3) is 6.08 Å². The molecule has 1 saturated heterocycles.